The van der Waals surface area contributed by atoms with E-state index in [0.717, 1.165) is 0 Å². The first-order chi connectivity index (χ1) is 8.89. The van der Waals surface area contributed by atoms with Crippen LogP contribution in [0.2, 0.25) is 0 Å². The molecule has 0 aliphatic rings. The van der Waals surface area contributed by atoms with Crippen molar-refractivity contribution < 1.29 is 22.9 Å². The number of carbonyl (C=O) groups excluding carboxylic acids is 1. The molecule has 8 heteroatoms. The van der Waals surface area contributed by atoms with Crippen LogP contribution in [0.15, 0.2) is 35.2 Å². The van der Waals surface area contributed by atoms with E-state index in [0.29, 0.717) is 0 Å². The Hall–Kier alpha value is -1.96. The van der Waals surface area contributed by atoms with Gasteiger partial charge in [0.25, 0.3) is 0 Å². The molecule has 1 rings (SSSR count). The lowest BCUT2D eigenvalue weighted by Gasteiger charge is -2.10. The number of hydrogen-bond acceptors (Lipinski definition) is 6. The van der Waals surface area contributed by atoms with Gasteiger partial charge in [-0.25, -0.2) is 8.42 Å². The molecule has 0 fully saturated rings. The topological polar surface area (TPSA) is 104 Å². The Morgan fingerprint density at radius 3 is 2.42 bits per heavy atom. The van der Waals surface area contributed by atoms with Crippen molar-refractivity contribution in [1.82, 2.24) is 0 Å². The molecule has 0 heterocycles. The molecule has 19 heavy (non-hydrogen) atoms. The molecule has 0 aliphatic carbocycles. The van der Waals surface area contributed by atoms with E-state index < -0.39 is 32.5 Å². The first-order valence-electron chi connectivity index (χ1n) is 5.47. The highest BCUT2D eigenvalue weighted by Crippen LogP contribution is 2.19. The van der Waals surface area contributed by atoms with E-state index in [4.69, 9.17) is 0 Å². The number of sulfone groups is 1. The number of carbonyl (C=O) groups is 1. The largest absolute Gasteiger partial charge is 0.466 e. The van der Waals surface area contributed by atoms with Crippen LogP contribution in [0.25, 0.3) is 0 Å². The third-order valence-electron chi connectivity index (χ3n) is 2.31. The number of benzene rings is 1. The van der Waals surface area contributed by atoms with E-state index >= 15 is 0 Å². The van der Waals surface area contributed by atoms with Crippen molar-refractivity contribution in [2.75, 3.05) is 6.61 Å². The van der Waals surface area contributed by atoms with Gasteiger partial charge in [0.2, 0.25) is 9.84 Å². The van der Waals surface area contributed by atoms with Gasteiger partial charge in [0.15, 0.2) is 0 Å². The smallest absolute Gasteiger partial charge is 0.325 e. The molecule has 0 radical (unpaired) electrons. The monoisotopic (exact) mass is 287 g/mol. The fourth-order valence-electron chi connectivity index (χ4n) is 1.43. The second-order valence-electron chi connectivity index (χ2n) is 3.61. The van der Waals surface area contributed by atoms with Gasteiger partial charge in [0.05, 0.1) is 11.5 Å². The van der Waals surface area contributed by atoms with Crippen LogP contribution in [0.5, 0.6) is 0 Å². The fourth-order valence-corrected chi connectivity index (χ4v) is 2.86. The minimum Gasteiger partial charge on any atom is -0.466 e. The lowest BCUT2D eigenvalue weighted by molar-refractivity contribution is -0.496. The van der Waals surface area contributed by atoms with Crippen molar-refractivity contribution >= 4 is 15.8 Å². The quantitative estimate of drug-likeness (QED) is 0.439. The van der Waals surface area contributed by atoms with E-state index in [1.165, 1.54) is 31.2 Å². The third kappa shape index (κ3) is 3.75. The van der Waals surface area contributed by atoms with Crippen LogP contribution in [0.4, 0.5) is 0 Å². The minimum absolute atomic E-state index is 0.0364. The summed E-state index contributed by atoms with van der Waals surface area (Å²) in [6.45, 7) is 1.57. The van der Waals surface area contributed by atoms with Crippen LogP contribution in [0.1, 0.15) is 13.3 Å². The van der Waals surface area contributed by atoms with Gasteiger partial charge in [-0.15, -0.1) is 0 Å². The summed E-state index contributed by atoms with van der Waals surface area (Å²) >= 11 is 0. The van der Waals surface area contributed by atoms with Gasteiger partial charge in [-0.05, 0) is 19.1 Å². The zero-order chi connectivity index (χ0) is 14.5. The summed E-state index contributed by atoms with van der Waals surface area (Å²) in [6.07, 6.45) is -0.807. The predicted molar refractivity (Wildman–Crippen MR) is 65.7 cm³/mol. The lowest BCUT2D eigenvalue weighted by atomic mass is 10.4. The number of esters is 1. The zero-order valence-electron chi connectivity index (χ0n) is 10.2. The average molecular weight is 287 g/mol. The molecule has 104 valence electrons. The van der Waals surface area contributed by atoms with Gasteiger partial charge in [-0.1, -0.05) is 18.2 Å². The van der Waals surface area contributed by atoms with Crippen LogP contribution >= 0.6 is 0 Å². The third-order valence-corrected chi connectivity index (χ3v) is 4.30. The van der Waals surface area contributed by atoms with Crippen molar-refractivity contribution in [2.24, 2.45) is 0 Å². The van der Waals surface area contributed by atoms with Crippen LogP contribution < -0.4 is 0 Å². The Morgan fingerprint density at radius 2 is 1.95 bits per heavy atom. The SMILES string of the molecule is CCOC(=O)CC([N+](=O)[O-])S(=O)(=O)c1ccccc1. The van der Waals surface area contributed by atoms with E-state index in [1.807, 2.05) is 0 Å². The Labute approximate surface area is 110 Å². The van der Waals surface area contributed by atoms with Crippen LogP contribution in [-0.4, -0.2) is 31.3 Å². The van der Waals surface area contributed by atoms with Gasteiger partial charge in [-0.2, -0.15) is 0 Å². The van der Waals surface area contributed by atoms with Crippen LogP contribution in [-0.2, 0) is 19.4 Å². The second-order valence-corrected chi connectivity index (χ2v) is 5.71. The zero-order valence-corrected chi connectivity index (χ0v) is 11.0. The van der Waals surface area contributed by atoms with Crippen LogP contribution in [0, 0.1) is 10.1 Å². The molecule has 0 aliphatic heterocycles. The summed E-state index contributed by atoms with van der Waals surface area (Å²) in [7, 11) is -4.21. The van der Waals surface area contributed by atoms with E-state index in [-0.39, 0.29) is 11.5 Å². The van der Waals surface area contributed by atoms with Gasteiger partial charge >= 0.3 is 11.3 Å². The molecule has 0 saturated carbocycles. The molecule has 0 amide bonds. The Kier molecular flexibility index (Phi) is 4.99. The summed E-state index contributed by atoms with van der Waals surface area (Å²) in [5, 5.41) is 8.84. The summed E-state index contributed by atoms with van der Waals surface area (Å²) in [5.41, 5.74) is 0. The van der Waals surface area contributed by atoms with E-state index in [2.05, 4.69) is 4.74 Å². The molecule has 1 aromatic carbocycles. The van der Waals surface area contributed by atoms with Crippen molar-refractivity contribution in [3.8, 4) is 0 Å². The first kappa shape index (κ1) is 15.1. The molecule has 0 N–H and O–H groups in total. The maximum absolute atomic E-state index is 12.1. The number of rotatable bonds is 6. The summed E-state index contributed by atoms with van der Waals surface area (Å²) in [6, 6.07) is 6.99. The maximum atomic E-state index is 12.1. The Bertz CT molecular complexity index is 554. The highest BCUT2D eigenvalue weighted by molar-refractivity contribution is 7.91. The second kappa shape index (κ2) is 6.28. The summed E-state index contributed by atoms with van der Waals surface area (Å²) in [5.74, 6) is -0.913. The molecule has 1 unspecified atom stereocenters. The molecular weight excluding hydrogens is 274 g/mol. The summed E-state index contributed by atoms with van der Waals surface area (Å²) < 4.78 is 28.7. The minimum atomic E-state index is -4.21. The van der Waals surface area contributed by atoms with Crippen molar-refractivity contribution in [2.45, 2.75) is 23.6 Å². The molecule has 1 aromatic rings. The van der Waals surface area contributed by atoms with Gasteiger partial charge in [0, 0.05) is 4.92 Å². The highest BCUT2D eigenvalue weighted by atomic mass is 32.2. The molecule has 1 atom stereocenters. The predicted octanol–water partition coefficient (Wildman–Crippen LogP) is 1.02. The number of nitrogens with zero attached hydrogens (tertiary/aromatic N) is 1. The highest BCUT2D eigenvalue weighted by Gasteiger charge is 2.39. The fraction of sp³-hybridized carbons (Fsp3) is 0.364. The molecule has 0 bridgehead atoms. The van der Waals surface area contributed by atoms with Crippen molar-refractivity contribution in [3.05, 3.63) is 40.4 Å². The van der Waals surface area contributed by atoms with Crippen LogP contribution in [0.3, 0.4) is 0 Å². The summed E-state index contributed by atoms with van der Waals surface area (Å²) in [4.78, 5) is 20.9. The normalized spacial score (nSPS) is 12.7. The Balaban J connectivity index is 3.06. The van der Waals surface area contributed by atoms with Gasteiger partial charge < -0.3 is 4.74 Å². The molecule has 0 aromatic heterocycles. The van der Waals surface area contributed by atoms with Crippen molar-refractivity contribution in [3.63, 3.8) is 0 Å². The molecule has 7 nitrogen and oxygen atoms in total. The van der Waals surface area contributed by atoms with Gasteiger partial charge in [0.1, 0.15) is 6.42 Å². The number of ether oxygens (including phenoxy) is 1. The van der Waals surface area contributed by atoms with Gasteiger partial charge in [-0.3, -0.25) is 14.9 Å². The number of hydrogen-bond donors (Lipinski definition) is 0. The molecule has 0 spiro atoms. The first-order valence-corrected chi connectivity index (χ1v) is 7.02. The Morgan fingerprint density at radius 1 is 1.37 bits per heavy atom. The standard InChI is InChI=1S/C11H13NO6S/c1-2-18-11(13)8-10(12(14)15)19(16,17)9-6-4-3-5-7-9/h3-7,10H,2,8H2,1H3. The van der Waals surface area contributed by atoms with Crippen molar-refractivity contribution in [1.29, 1.82) is 0 Å². The lowest BCUT2D eigenvalue weighted by Crippen LogP contribution is -2.32. The number of nitro groups is 1. The average Bonchev–Trinajstić information content (AvgIpc) is 2.37. The molecule has 0 saturated heterocycles. The van der Waals surface area contributed by atoms with E-state index in [1.54, 1.807) is 6.07 Å². The molecular formula is C11H13NO6S. The van der Waals surface area contributed by atoms with E-state index in [9.17, 15) is 23.3 Å². The maximum Gasteiger partial charge on any atom is 0.325 e.